The second-order valence-corrected chi connectivity index (χ2v) is 5.54. The average molecular weight is 452 g/mol. The van der Waals surface area contributed by atoms with Crippen LogP contribution >= 0.6 is 0 Å². The molecule has 0 unspecified atom stereocenters. The fraction of sp³-hybridized carbons (Fsp3) is 0.158. The van der Waals surface area contributed by atoms with Gasteiger partial charge in [0, 0.05) is 0 Å². The molecule has 0 atom stereocenters. The molecular weight excluding hydrogens is 432 g/mol. The summed E-state index contributed by atoms with van der Waals surface area (Å²) in [4.78, 5) is 0. The maximum atomic E-state index is 3.78. The average Bonchev–Trinajstić information content (AvgIpc) is 3.24. The van der Waals surface area contributed by atoms with E-state index in [0.29, 0.717) is 0 Å². The fourth-order valence-electron chi connectivity index (χ4n) is 2.43. The number of aromatic nitrogens is 3. The number of hydrogen-bond acceptors (Lipinski definition) is 2. The summed E-state index contributed by atoms with van der Waals surface area (Å²) in [7, 11) is 0. The van der Waals surface area contributed by atoms with Crippen molar-refractivity contribution < 1.29 is 51.0 Å². The SMILES string of the molecule is Cc1cc[c-](C)c1C.[Cl-].[Cl-].[Zr+4].c1ccc2[cH-]c(-n3cnnc3)cc2c1. The van der Waals surface area contributed by atoms with E-state index in [2.05, 4.69) is 67.4 Å². The van der Waals surface area contributed by atoms with Gasteiger partial charge in [0.25, 0.3) is 0 Å². The van der Waals surface area contributed by atoms with Gasteiger partial charge in [0.15, 0.2) is 0 Å². The molecule has 25 heavy (non-hydrogen) atoms. The van der Waals surface area contributed by atoms with Gasteiger partial charge in [0.1, 0.15) is 12.7 Å². The van der Waals surface area contributed by atoms with Crippen molar-refractivity contribution in [2.75, 3.05) is 0 Å². The van der Waals surface area contributed by atoms with Gasteiger partial charge < -0.3 is 29.4 Å². The van der Waals surface area contributed by atoms with Gasteiger partial charge in [-0.3, -0.25) is 0 Å². The van der Waals surface area contributed by atoms with Crippen LogP contribution in [-0.4, -0.2) is 14.8 Å². The predicted molar refractivity (Wildman–Crippen MR) is 90.7 cm³/mol. The fourth-order valence-corrected chi connectivity index (χ4v) is 2.43. The van der Waals surface area contributed by atoms with E-state index in [4.69, 9.17) is 0 Å². The Kier molecular flexibility index (Phi) is 10.2. The van der Waals surface area contributed by atoms with E-state index in [9.17, 15) is 0 Å². The minimum absolute atomic E-state index is 0. The van der Waals surface area contributed by atoms with Gasteiger partial charge in [-0.25, -0.2) is 6.07 Å². The van der Waals surface area contributed by atoms with E-state index in [1.807, 2.05) is 16.7 Å². The van der Waals surface area contributed by atoms with Gasteiger partial charge in [-0.1, -0.05) is 26.8 Å². The Morgan fingerprint density at radius 1 is 1.00 bits per heavy atom. The largest absolute Gasteiger partial charge is 4.00 e. The summed E-state index contributed by atoms with van der Waals surface area (Å²) in [6.07, 6.45) is 3.41. The van der Waals surface area contributed by atoms with Gasteiger partial charge in [-0.2, -0.15) is 22.8 Å². The van der Waals surface area contributed by atoms with Crippen molar-refractivity contribution in [3.63, 3.8) is 0 Å². The van der Waals surface area contributed by atoms with Crippen LogP contribution in [0.15, 0.2) is 61.2 Å². The van der Waals surface area contributed by atoms with Gasteiger partial charge in [-0.15, -0.1) is 51.3 Å². The molecule has 0 amide bonds. The first-order valence-corrected chi connectivity index (χ1v) is 7.35. The maximum absolute atomic E-state index is 3.78. The van der Waals surface area contributed by atoms with E-state index in [-0.39, 0.29) is 51.0 Å². The van der Waals surface area contributed by atoms with Crippen molar-refractivity contribution in [3.05, 3.63) is 77.9 Å². The third-order valence-electron chi connectivity index (χ3n) is 4.09. The van der Waals surface area contributed by atoms with E-state index in [1.165, 1.54) is 27.5 Å². The standard InChI is InChI=1S/C11H8N3.C8H11.2ClH.Zr/c1-2-4-10-6-11(5-9(10)3-1)14-7-12-13-8-14;1-6-4-5-7(2)8(6)3;;;/h1-8H;4-5H,1-3H3;2*1H;/q2*-1;;;+4/p-2. The Bertz CT molecular complexity index is 827. The summed E-state index contributed by atoms with van der Waals surface area (Å²) in [5.41, 5.74) is 5.35. The monoisotopic (exact) mass is 449 g/mol. The first-order valence-electron chi connectivity index (χ1n) is 7.35. The molecular formula is C19H19Cl2N3Zr. The van der Waals surface area contributed by atoms with Crippen LogP contribution in [0.1, 0.15) is 16.7 Å². The molecule has 0 saturated carbocycles. The summed E-state index contributed by atoms with van der Waals surface area (Å²) in [6, 6.07) is 16.8. The smallest absolute Gasteiger partial charge is 1.00 e. The van der Waals surface area contributed by atoms with E-state index in [0.717, 1.165) is 5.69 Å². The van der Waals surface area contributed by atoms with Crippen LogP contribution in [0.2, 0.25) is 0 Å². The number of hydrogen-bond donors (Lipinski definition) is 0. The molecule has 4 rings (SSSR count). The van der Waals surface area contributed by atoms with Crippen LogP contribution in [-0.2, 0) is 26.2 Å². The Labute approximate surface area is 180 Å². The van der Waals surface area contributed by atoms with Crippen LogP contribution in [0.3, 0.4) is 0 Å². The molecule has 4 aromatic rings. The summed E-state index contributed by atoms with van der Waals surface area (Å²) < 4.78 is 1.90. The molecule has 0 radical (unpaired) electrons. The minimum Gasteiger partial charge on any atom is -1.00 e. The second kappa shape index (κ2) is 10.7. The molecule has 1 heterocycles. The van der Waals surface area contributed by atoms with Crippen LogP contribution in [0, 0.1) is 20.8 Å². The third kappa shape index (κ3) is 5.64. The first kappa shape index (κ1) is 23.8. The molecule has 0 saturated heterocycles. The number of fused-ring (bicyclic) bond motifs is 1. The van der Waals surface area contributed by atoms with Crippen molar-refractivity contribution in [2.24, 2.45) is 0 Å². The van der Waals surface area contributed by atoms with Crippen molar-refractivity contribution >= 4 is 10.8 Å². The third-order valence-corrected chi connectivity index (χ3v) is 4.09. The van der Waals surface area contributed by atoms with Crippen LogP contribution in [0.25, 0.3) is 16.5 Å². The number of rotatable bonds is 1. The zero-order chi connectivity index (χ0) is 15.5. The van der Waals surface area contributed by atoms with Crippen molar-refractivity contribution in [1.82, 2.24) is 14.8 Å². The quantitative estimate of drug-likeness (QED) is 0.329. The van der Waals surface area contributed by atoms with Crippen LogP contribution in [0.4, 0.5) is 0 Å². The normalized spacial score (nSPS) is 9.24. The van der Waals surface area contributed by atoms with Crippen molar-refractivity contribution in [3.8, 4) is 5.69 Å². The molecule has 0 N–H and O–H groups in total. The Balaban J connectivity index is 0.000000462. The van der Waals surface area contributed by atoms with Gasteiger partial charge in [0.05, 0.1) is 0 Å². The summed E-state index contributed by atoms with van der Waals surface area (Å²) >= 11 is 0. The molecule has 0 aliphatic rings. The Morgan fingerprint density at radius 3 is 2.12 bits per heavy atom. The van der Waals surface area contributed by atoms with Gasteiger partial charge >= 0.3 is 26.2 Å². The van der Waals surface area contributed by atoms with Crippen LogP contribution in [0.5, 0.6) is 0 Å². The molecule has 128 valence electrons. The van der Waals surface area contributed by atoms with E-state index >= 15 is 0 Å². The molecule has 0 fully saturated rings. The molecule has 0 aliphatic heterocycles. The maximum Gasteiger partial charge on any atom is 4.00 e. The molecule has 0 aliphatic carbocycles. The second-order valence-electron chi connectivity index (χ2n) is 5.54. The molecule has 3 aromatic carbocycles. The molecule has 0 bridgehead atoms. The molecule has 0 spiro atoms. The number of benzene rings is 1. The molecule has 6 heteroatoms. The topological polar surface area (TPSA) is 30.7 Å². The van der Waals surface area contributed by atoms with Gasteiger partial charge in [-0.05, 0) is 5.69 Å². The number of halogens is 2. The van der Waals surface area contributed by atoms with E-state index < -0.39 is 0 Å². The van der Waals surface area contributed by atoms with Crippen molar-refractivity contribution in [2.45, 2.75) is 20.8 Å². The Morgan fingerprint density at radius 2 is 1.64 bits per heavy atom. The Hall–Kier alpha value is -1.22. The molecule has 1 aromatic heterocycles. The summed E-state index contributed by atoms with van der Waals surface area (Å²) in [5.74, 6) is 0. The van der Waals surface area contributed by atoms with Gasteiger partial charge in [0.2, 0.25) is 0 Å². The first-order chi connectivity index (χ1) is 10.6. The summed E-state index contributed by atoms with van der Waals surface area (Å²) in [5, 5.41) is 10.1. The zero-order valence-electron chi connectivity index (χ0n) is 14.4. The zero-order valence-corrected chi connectivity index (χ0v) is 18.3. The van der Waals surface area contributed by atoms with Crippen molar-refractivity contribution in [1.29, 1.82) is 0 Å². The predicted octanol–water partition coefficient (Wildman–Crippen LogP) is -1.52. The number of aryl methyl sites for hydroxylation is 2. The van der Waals surface area contributed by atoms with E-state index in [1.54, 1.807) is 12.7 Å². The summed E-state index contributed by atoms with van der Waals surface area (Å²) in [6.45, 7) is 6.44. The number of nitrogens with zero attached hydrogens (tertiary/aromatic N) is 3. The van der Waals surface area contributed by atoms with Crippen LogP contribution < -0.4 is 24.8 Å². The minimum atomic E-state index is 0. The molecule has 3 nitrogen and oxygen atoms in total.